The van der Waals surface area contributed by atoms with Crippen molar-refractivity contribution >= 4 is 17.7 Å². The van der Waals surface area contributed by atoms with E-state index in [1.165, 1.54) is 0 Å². The number of rotatable bonds is 3. The zero-order valence-corrected chi connectivity index (χ0v) is 10.4. The van der Waals surface area contributed by atoms with Gasteiger partial charge in [-0.25, -0.2) is 4.79 Å². The van der Waals surface area contributed by atoms with Crippen molar-refractivity contribution in [2.75, 3.05) is 13.2 Å². The monoisotopic (exact) mass is 254 g/mol. The van der Waals surface area contributed by atoms with Crippen molar-refractivity contribution in [3.63, 3.8) is 0 Å². The molecular weight excluding hydrogens is 240 g/mol. The molecule has 1 unspecified atom stereocenters. The van der Waals surface area contributed by atoms with Gasteiger partial charge in [0, 0.05) is 11.6 Å². The molecule has 2 N–H and O–H groups in total. The van der Waals surface area contributed by atoms with E-state index in [0.29, 0.717) is 24.7 Å². The van der Waals surface area contributed by atoms with E-state index in [1.54, 1.807) is 11.0 Å². The molecule has 92 valence electrons. The van der Waals surface area contributed by atoms with Crippen LogP contribution in [0.4, 0.5) is 4.79 Å². The number of hydrogen-bond donors (Lipinski definition) is 1. The summed E-state index contributed by atoms with van der Waals surface area (Å²) < 4.78 is 5.05. The van der Waals surface area contributed by atoms with E-state index in [2.05, 4.69) is 0 Å². The SMILES string of the molecule is CC1(CN)COC(=O)N1Cc1ccccc1Cl. The summed E-state index contributed by atoms with van der Waals surface area (Å²) in [6.07, 6.45) is -0.335. The van der Waals surface area contributed by atoms with Crippen LogP contribution < -0.4 is 5.73 Å². The average Bonchev–Trinajstić information content (AvgIpc) is 2.61. The molecule has 1 saturated heterocycles. The van der Waals surface area contributed by atoms with Crippen molar-refractivity contribution in [2.45, 2.75) is 19.0 Å². The van der Waals surface area contributed by atoms with E-state index in [0.717, 1.165) is 5.56 Å². The second kappa shape index (κ2) is 4.55. The lowest BCUT2D eigenvalue weighted by Gasteiger charge is -2.30. The minimum atomic E-state index is -0.448. The first kappa shape index (κ1) is 12.2. The van der Waals surface area contributed by atoms with Gasteiger partial charge in [0.15, 0.2) is 0 Å². The summed E-state index contributed by atoms with van der Waals surface area (Å²) in [6, 6.07) is 7.45. The average molecular weight is 255 g/mol. The Morgan fingerprint density at radius 2 is 2.24 bits per heavy atom. The normalized spacial score (nSPS) is 23.9. The minimum Gasteiger partial charge on any atom is -0.447 e. The number of halogens is 1. The second-order valence-corrected chi connectivity index (χ2v) is 4.84. The number of hydrogen-bond acceptors (Lipinski definition) is 3. The Balaban J connectivity index is 2.23. The van der Waals surface area contributed by atoms with Gasteiger partial charge in [0.1, 0.15) is 6.61 Å². The van der Waals surface area contributed by atoms with Crippen molar-refractivity contribution in [3.8, 4) is 0 Å². The number of ether oxygens (including phenoxy) is 1. The van der Waals surface area contributed by atoms with E-state index in [-0.39, 0.29) is 6.09 Å². The van der Waals surface area contributed by atoms with Crippen LogP contribution in [-0.4, -0.2) is 29.7 Å². The topological polar surface area (TPSA) is 55.6 Å². The number of nitrogens with zero attached hydrogens (tertiary/aromatic N) is 1. The molecular formula is C12H15ClN2O2. The van der Waals surface area contributed by atoms with Crippen LogP contribution >= 0.6 is 11.6 Å². The third-order valence-electron chi connectivity index (χ3n) is 3.10. The third-order valence-corrected chi connectivity index (χ3v) is 3.47. The number of cyclic esters (lactones) is 1. The highest BCUT2D eigenvalue weighted by Crippen LogP contribution is 2.27. The molecule has 1 fully saturated rings. The molecule has 1 aliphatic rings. The number of carbonyl (C=O) groups is 1. The molecule has 5 heteroatoms. The van der Waals surface area contributed by atoms with E-state index in [1.807, 2.05) is 25.1 Å². The Bertz CT molecular complexity index is 438. The Morgan fingerprint density at radius 3 is 2.88 bits per heavy atom. The van der Waals surface area contributed by atoms with Crippen LogP contribution in [0.3, 0.4) is 0 Å². The van der Waals surface area contributed by atoms with E-state index < -0.39 is 5.54 Å². The van der Waals surface area contributed by atoms with Gasteiger partial charge in [-0.05, 0) is 18.6 Å². The zero-order chi connectivity index (χ0) is 12.5. The van der Waals surface area contributed by atoms with E-state index >= 15 is 0 Å². The number of amides is 1. The van der Waals surface area contributed by atoms with Gasteiger partial charge in [0.25, 0.3) is 0 Å². The van der Waals surface area contributed by atoms with E-state index in [4.69, 9.17) is 22.1 Å². The van der Waals surface area contributed by atoms with Crippen molar-refractivity contribution in [2.24, 2.45) is 5.73 Å². The van der Waals surface area contributed by atoms with Gasteiger partial charge in [-0.15, -0.1) is 0 Å². The Labute approximate surface area is 105 Å². The molecule has 17 heavy (non-hydrogen) atoms. The third kappa shape index (κ3) is 2.23. The lowest BCUT2D eigenvalue weighted by molar-refractivity contribution is 0.151. The molecule has 1 aromatic carbocycles. The standard InChI is InChI=1S/C12H15ClN2O2/c1-12(7-14)8-17-11(16)15(12)6-9-4-2-3-5-10(9)13/h2-5H,6-8,14H2,1H3. The molecule has 0 radical (unpaired) electrons. The lowest BCUT2D eigenvalue weighted by Crippen LogP contribution is -2.49. The van der Waals surface area contributed by atoms with Gasteiger partial charge < -0.3 is 10.5 Å². The summed E-state index contributed by atoms with van der Waals surface area (Å²) in [5.74, 6) is 0. The van der Waals surface area contributed by atoms with Crippen LogP contribution in [0.5, 0.6) is 0 Å². The summed E-state index contributed by atoms with van der Waals surface area (Å²) in [6.45, 7) is 3.02. The maximum atomic E-state index is 11.7. The molecule has 0 spiro atoms. The molecule has 0 bridgehead atoms. The Kier molecular flexibility index (Phi) is 3.26. The first-order valence-corrected chi connectivity index (χ1v) is 5.82. The van der Waals surface area contributed by atoms with Crippen LogP contribution in [0, 0.1) is 0 Å². The first-order valence-electron chi connectivity index (χ1n) is 5.45. The number of nitrogens with two attached hydrogens (primary N) is 1. The minimum absolute atomic E-state index is 0.326. The van der Waals surface area contributed by atoms with Crippen LogP contribution in [0.25, 0.3) is 0 Å². The Morgan fingerprint density at radius 1 is 1.53 bits per heavy atom. The van der Waals surface area contributed by atoms with Crippen LogP contribution in [0.15, 0.2) is 24.3 Å². The van der Waals surface area contributed by atoms with E-state index in [9.17, 15) is 4.79 Å². The van der Waals surface area contributed by atoms with Gasteiger partial charge in [0.2, 0.25) is 0 Å². The zero-order valence-electron chi connectivity index (χ0n) is 9.65. The molecule has 0 aliphatic carbocycles. The second-order valence-electron chi connectivity index (χ2n) is 4.43. The highest BCUT2D eigenvalue weighted by Gasteiger charge is 2.42. The quantitative estimate of drug-likeness (QED) is 0.898. The van der Waals surface area contributed by atoms with Crippen LogP contribution in [0.1, 0.15) is 12.5 Å². The summed E-state index contributed by atoms with van der Waals surface area (Å²) in [5, 5.41) is 0.645. The maximum Gasteiger partial charge on any atom is 0.410 e. The largest absolute Gasteiger partial charge is 0.447 e. The fraction of sp³-hybridized carbons (Fsp3) is 0.417. The predicted octanol–water partition coefficient (Wildman–Crippen LogP) is 2.01. The van der Waals surface area contributed by atoms with Gasteiger partial charge in [-0.1, -0.05) is 29.8 Å². The lowest BCUT2D eigenvalue weighted by atomic mass is 10.0. The van der Waals surface area contributed by atoms with Crippen LogP contribution in [-0.2, 0) is 11.3 Å². The molecule has 2 rings (SSSR count). The summed E-state index contributed by atoms with van der Waals surface area (Å²) in [4.78, 5) is 13.3. The molecule has 0 saturated carbocycles. The summed E-state index contributed by atoms with van der Waals surface area (Å²) in [7, 11) is 0. The summed E-state index contributed by atoms with van der Waals surface area (Å²) >= 11 is 6.08. The van der Waals surface area contributed by atoms with Gasteiger partial charge >= 0.3 is 6.09 Å². The van der Waals surface area contributed by atoms with Gasteiger partial charge in [-0.3, -0.25) is 4.90 Å². The van der Waals surface area contributed by atoms with Crippen molar-refractivity contribution in [3.05, 3.63) is 34.9 Å². The fourth-order valence-electron chi connectivity index (χ4n) is 1.81. The van der Waals surface area contributed by atoms with Gasteiger partial charge in [-0.2, -0.15) is 0 Å². The molecule has 0 aromatic heterocycles. The molecule has 1 amide bonds. The highest BCUT2D eigenvalue weighted by molar-refractivity contribution is 6.31. The Hall–Kier alpha value is -1.26. The van der Waals surface area contributed by atoms with Crippen LogP contribution in [0.2, 0.25) is 5.02 Å². The molecule has 1 atom stereocenters. The van der Waals surface area contributed by atoms with Crippen molar-refractivity contribution in [1.82, 2.24) is 4.90 Å². The first-order chi connectivity index (χ1) is 8.07. The molecule has 1 aromatic rings. The molecule has 1 aliphatic heterocycles. The predicted molar refractivity (Wildman–Crippen MR) is 65.8 cm³/mol. The number of carbonyl (C=O) groups excluding carboxylic acids is 1. The smallest absolute Gasteiger partial charge is 0.410 e. The maximum absolute atomic E-state index is 11.7. The van der Waals surface area contributed by atoms with Crippen molar-refractivity contribution < 1.29 is 9.53 Å². The summed E-state index contributed by atoms with van der Waals surface area (Å²) in [5.41, 5.74) is 6.15. The van der Waals surface area contributed by atoms with Crippen molar-refractivity contribution in [1.29, 1.82) is 0 Å². The van der Waals surface area contributed by atoms with Gasteiger partial charge in [0.05, 0.1) is 12.1 Å². The molecule has 1 heterocycles. The highest BCUT2D eigenvalue weighted by atomic mass is 35.5. The molecule has 4 nitrogen and oxygen atoms in total. The number of benzene rings is 1. The fourth-order valence-corrected chi connectivity index (χ4v) is 2.01.